The third kappa shape index (κ3) is 6.92. The molecule has 0 fully saturated rings. The molecule has 0 atom stereocenters. The topological polar surface area (TPSA) is 58.6 Å². The van der Waals surface area contributed by atoms with Crippen molar-refractivity contribution < 1.29 is 13.2 Å². The van der Waals surface area contributed by atoms with Gasteiger partial charge in [0.05, 0.1) is 55.8 Å². The van der Waals surface area contributed by atoms with E-state index in [1.54, 1.807) is 6.07 Å². The maximum Gasteiger partial charge on any atom is 0.416 e. The van der Waals surface area contributed by atoms with Crippen LogP contribution < -0.4 is 15.9 Å². The lowest BCUT2D eigenvalue weighted by atomic mass is 9.97. The molecule has 0 spiro atoms. The van der Waals surface area contributed by atoms with E-state index in [-0.39, 0.29) is 0 Å². The van der Waals surface area contributed by atoms with Crippen molar-refractivity contribution in [3.63, 3.8) is 0 Å². The molecular weight excluding hydrogens is 848 g/mol. The van der Waals surface area contributed by atoms with Crippen molar-refractivity contribution >= 4 is 50.2 Å². The molecule has 68 heavy (non-hydrogen) atoms. The Morgan fingerprint density at radius 3 is 2.07 bits per heavy atom. The minimum absolute atomic E-state index is 0.362. The molecule has 0 bridgehead atoms. The SMILES string of the molecule is N#Cc1cc(-n2c3ccccc3c3ccc(-c4cccc(-c5ccccc5)n4)cc32)c(-c2cccc(C(F)(F)F)c2)cc1-n1c2c(c3ccc(=C4C=CC=C(c5ccccc5)N4)cc31)CC=CC=2. The van der Waals surface area contributed by atoms with Crippen molar-refractivity contribution in [3.05, 3.63) is 239 Å². The van der Waals surface area contributed by atoms with E-state index >= 15 is 0 Å². The second-order valence-corrected chi connectivity index (χ2v) is 17.0. The summed E-state index contributed by atoms with van der Waals surface area (Å²) in [5.74, 6) is 0. The number of pyridine rings is 1. The number of allylic oxidation sites excluding steroid dienone is 4. The van der Waals surface area contributed by atoms with Crippen LogP contribution in [0, 0.1) is 11.3 Å². The van der Waals surface area contributed by atoms with Gasteiger partial charge >= 0.3 is 6.18 Å². The number of alkyl halides is 3. The van der Waals surface area contributed by atoms with Gasteiger partial charge in [0.2, 0.25) is 0 Å². The fourth-order valence-electron chi connectivity index (χ4n) is 9.85. The van der Waals surface area contributed by atoms with E-state index in [9.17, 15) is 18.4 Å². The number of hydrogen-bond acceptors (Lipinski definition) is 3. The number of fused-ring (bicyclic) bond motifs is 6. The van der Waals surface area contributed by atoms with Crippen molar-refractivity contribution in [2.75, 3.05) is 0 Å². The van der Waals surface area contributed by atoms with Gasteiger partial charge in [0.15, 0.2) is 0 Å². The highest BCUT2D eigenvalue weighted by Crippen LogP contribution is 2.41. The quantitative estimate of drug-likeness (QED) is 0.181. The highest BCUT2D eigenvalue weighted by Gasteiger charge is 2.31. The zero-order valence-electron chi connectivity index (χ0n) is 36.3. The molecule has 0 saturated heterocycles. The maximum absolute atomic E-state index is 14.6. The van der Waals surface area contributed by atoms with Crippen molar-refractivity contribution in [3.8, 4) is 51.1 Å². The minimum Gasteiger partial charge on any atom is -0.355 e. The molecule has 1 N–H and O–H groups in total. The molecule has 8 heteroatoms. The van der Waals surface area contributed by atoms with Gasteiger partial charge in [-0.05, 0) is 95.9 Å². The van der Waals surface area contributed by atoms with Gasteiger partial charge in [-0.25, -0.2) is 4.98 Å². The van der Waals surface area contributed by atoms with Gasteiger partial charge in [-0.2, -0.15) is 18.4 Å². The zero-order chi connectivity index (χ0) is 45.9. The predicted molar refractivity (Wildman–Crippen MR) is 268 cm³/mol. The van der Waals surface area contributed by atoms with Crippen LogP contribution in [0.5, 0.6) is 0 Å². The van der Waals surface area contributed by atoms with E-state index < -0.39 is 11.7 Å². The molecule has 2 aliphatic rings. The van der Waals surface area contributed by atoms with E-state index in [1.807, 2.05) is 121 Å². The molecule has 0 radical (unpaired) electrons. The first-order valence-corrected chi connectivity index (χ1v) is 22.4. The molecule has 0 unspecified atom stereocenters. The number of nitriles is 1. The second-order valence-electron chi connectivity index (χ2n) is 17.0. The lowest BCUT2D eigenvalue weighted by molar-refractivity contribution is -0.137. The molecule has 4 heterocycles. The fraction of sp³-hybridized carbons (Fsp3) is 0.0333. The maximum atomic E-state index is 14.6. The predicted octanol–water partition coefficient (Wildman–Crippen LogP) is 13.2. The largest absolute Gasteiger partial charge is 0.416 e. The molecule has 1 aliphatic heterocycles. The van der Waals surface area contributed by atoms with Crippen LogP contribution in [-0.4, -0.2) is 14.1 Å². The molecule has 12 rings (SSSR count). The van der Waals surface area contributed by atoms with E-state index in [2.05, 4.69) is 87.3 Å². The summed E-state index contributed by atoms with van der Waals surface area (Å²) in [7, 11) is 0. The zero-order valence-corrected chi connectivity index (χ0v) is 36.3. The third-order valence-corrected chi connectivity index (χ3v) is 13.0. The number of benzene rings is 7. The average molecular weight is 886 g/mol. The minimum atomic E-state index is -4.59. The number of aromatic nitrogens is 3. The Morgan fingerprint density at radius 2 is 1.26 bits per heavy atom. The van der Waals surface area contributed by atoms with Crippen LogP contribution in [0.3, 0.4) is 0 Å². The summed E-state index contributed by atoms with van der Waals surface area (Å²) < 4.78 is 48.1. The molecule has 5 nitrogen and oxygen atoms in total. The number of dihydropyridines is 1. The summed E-state index contributed by atoms with van der Waals surface area (Å²) in [6.07, 6.45) is 8.40. The van der Waals surface area contributed by atoms with Gasteiger partial charge in [-0.3, -0.25) is 0 Å². The molecule has 324 valence electrons. The normalized spacial score (nSPS) is 14.1. The monoisotopic (exact) mass is 885 g/mol. The van der Waals surface area contributed by atoms with Crippen molar-refractivity contribution in [1.29, 1.82) is 5.26 Å². The van der Waals surface area contributed by atoms with Crippen LogP contribution in [-0.2, 0) is 12.6 Å². The van der Waals surface area contributed by atoms with Crippen LogP contribution >= 0.6 is 0 Å². The Hall–Kier alpha value is -8.93. The van der Waals surface area contributed by atoms with Crippen LogP contribution in [0.25, 0.3) is 95.2 Å². The number of hydrogen-bond donors (Lipinski definition) is 1. The number of para-hydroxylation sites is 1. The Labute approximate surface area is 389 Å². The smallest absolute Gasteiger partial charge is 0.355 e. The lowest BCUT2D eigenvalue weighted by Gasteiger charge is -2.20. The first-order chi connectivity index (χ1) is 33.3. The first kappa shape index (κ1) is 40.6. The van der Waals surface area contributed by atoms with Crippen molar-refractivity contribution in [2.45, 2.75) is 12.6 Å². The van der Waals surface area contributed by atoms with Gasteiger partial charge in [0.1, 0.15) is 6.07 Å². The highest BCUT2D eigenvalue weighted by molar-refractivity contribution is 6.11. The lowest BCUT2D eigenvalue weighted by Crippen LogP contribution is -2.21. The Kier molecular flexibility index (Phi) is 9.66. The Morgan fingerprint density at radius 1 is 0.559 bits per heavy atom. The van der Waals surface area contributed by atoms with E-state index in [0.717, 1.165) is 94.4 Å². The van der Waals surface area contributed by atoms with E-state index in [4.69, 9.17) is 4.98 Å². The summed E-state index contributed by atoms with van der Waals surface area (Å²) in [5, 5.41) is 19.7. The van der Waals surface area contributed by atoms with E-state index in [0.29, 0.717) is 34.5 Å². The van der Waals surface area contributed by atoms with Gasteiger partial charge in [0.25, 0.3) is 0 Å². The van der Waals surface area contributed by atoms with Gasteiger partial charge < -0.3 is 14.5 Å². The summed E-state index contributed by atoms with van der Waals surface area (Å²) in [4.78, 5) is 5.07. The van der Waals surface area contributed by atoms with Crippen LogP contribution in [0.1, 0.15) is 22.3 Å². The van der Waals surface area contributed by atoms with Gasteiger partial charge in [-0.1, -0.05) is 140 Å². The summed E-state index contributed by atoms with van der Waals surface area (Å²) in [5.41, 5.74) is 11.7. The summed E-state index contributed by atoms with van der Waals surface area (Å²) in [6, 6.07) is 58.5. The standard InChI is InChI=1S/C60H38F3N5/c61-60(62,63)44-19-11-18-40(32-44)49-36-56(67-54-26-9-7-20-45(54)47-30-28-41(33-57(47)67)52-24-12-22-50(65-52)38-14-3-1-4-15-38)43(37-64)35-59(49)68-55-27-10-8-21-46(55)48-31-29-42(34-58(48)68)53-25-13-23-51(66-53)39-16-5-2-6-17-39/h1-19,21-36,65H,20H2. The Balaban J connectivity index is 1.12. The average Bonchev–Trinajstić information content (AvgIpc) is 3.90. The van der Waals surface area contributed by atoms with Crippen LogP contribution in [0.15, 0.2) is 206 Å². The fourth-order valence-corrected chi connectivity index (χ4v) is 9.85. The molecule has 1 aliphatic carbocycles. The van der Waals surface area contributed by atoms with Crippen molar-refractivity contribution in [2.24, 2.45) is 0 Å². The molecule has 10 aromatic rings. The number of rotatable bonds is 6. The van der Waals surface area contributed by atoms with Crippen molar-refractivity contribution in [1.82, 2.24) is 19.4 Å². The number of nitrogens with one attached hydrogen (secondary N) is 1. The molecule has 7 aromatic carbocycles. The third-order valence-electron chi connectivity index (χ3n) is 13.0. The highest BCUT2D eigenvalue weighted by atomic mass is 19.4. The molecule has 3 aromatic heterocycles. The van der Waals surface area contributed by atoms with Crippen LogP contribution in [0.2, 0.25) is 0 Å². The molecule has 0 amide bonds. The number of halogens is 3. The van der Waals surface area contributed by atoms with Gasteiger partial charge in [-0.15, -0.1) is 0 Å². The second kappa shape index (κ2) is 16.2. The molecular formula is C60H38F3N5. The van der Waals surface area contributed by atoms with Crippen LogP contribution in [0.4, 0.5) is 13.2 Å². The molecule has 0 saturated carbocycles. The number of nitrogens with zero attached hydrogens (tertiary/aromatic N) is 4. The Bertz CT molecular complexity index is 3960. The summed E-state index contributed by atoms with van der Waals surface area (Å²) in [6.45, 7) is 0. The van der Waals surface area contributed by atoms with E-state index in [1.165, 1.54) is 12.1 Å². The summed E-state index contributed by atoms with van der Waals surface area (Å²) >= 11 is 0. The van der Waals surface area contributed by atoms with Gasteiger partial charge in [0, 0.05) is 49.5 Å². The first-order valence-electron chi connectivity index (χ1n) is 22.4.